The maximum absolute atomic E-state index is 3.57. The lowest BCUT2D eigenvalue weighted by atomic mass is 9.91. The summed E-state index contributed by atoms with van der Waals surface area (Å²) in [6.45, 7) is 9.79. The Morgan fingerprint density at radius 1 is 1.18 bits per heavy atom. The van der Waals surface area contributed by atoms with Gasteiger partial charge in [0.1, 0.15) is 0 Å². The Morgan fingerprint density at radius 3 is 2.35 bits per heavy atom. The predicted molar refractivity (Wildman–Crippen MR) is 73.1 cm³/mol. The average Bonchev–Trinajstić information content (AvgIpc) is 2.34. The lowest BCUT2D eigenvalue weighted by molar-refractivity contribution is 0.0725. The lowest BCUT2D eigenvalue weighted by Crippen LogP contribution is -2.66. The largest absolute Gasteiger partial charge is 0.309 e. The number of hydrogen-bond acceptors (Lipinski definition) is 2. The van der Waals surface area contributed by atoms with Crippen molar-refractivity contribution >= 4 is 0 Å². The van der Waals surface area contributed by atoms with Crippen LogP contribution in [-0.2, 0) is 6.54 Å². The van der Waals surface area contributed by atoms with Gasteiger partial charge < -0.3 is 5.32 Å². The molecular weight excluding hydrogens is 208 g/mol. The van der Waals surface area contributed by atoms with Crippen LogP contribution in [0.25, 0.3) is 0 Å². The molecule has 2 bridgehead atoms. The average molecular weight is 232 g/mol. The highest BCUT2D eigenvalue weighted by molar-refractivity contribution is 5.25. The van der Waals surface area contributed by atoms with E-state index in [9.17, 15) is 0 Å². The Balaban J connectivity index is 0.000000514. The summed E-state index contributed by atoms with van der Waals surface area (Å²) in [6.07, 6.45) is 1.39. The second-order valence-electron chi connectivity index (χ2n) is 4.92. The third-order valence-corrected chi connectivity index (χ3v) is 3.65. The SMILES string of the molecule is CC.Cc1ccccc1CN1CC2CC(C1)N2. The van der Waals surface area contributed by atoms with E-state index in [0.717, 1.165) is 18.6 Å². The van der Waals surface area contributed by atoms with Gasteiger partial charge in [0.2, 0.25) is 0 Å². The van der Waals surface area contributed by atoms with Gasteiger partial charge in [0.15, 0.2) is 0 Å². The van der Waals surface area contributed by atoms with Crippen LogP contribution in [0.3, 0.4) is 0 Å². The Hall–Kier alpha value is -0.860. The minimum atomic E-state index is 0.771. The smallest absolute Gasteiger partial charge is 0.0237 e. The van der Waals surface area contributed by atoms with Crippen LogP contribution in [0.1, 0.15) is 31.4 Å². The van der Waals surface area contributed by atoms with E-state index in [4.69, 9.17) is 0 Å². The minimum Gasteiger partial charge on any atom is -0.309 e. The predicted octanol–water partition coefficient (Wildman–Crippen LogP) is 2.57. The molecule has 2 unspecified atom stereocenters. The molecule has 1 aromatic rings. The fourth-order valence-corrected chi connectivity index (χ4v) is 2.76. The van der Waals surface area contributed by atoms with Gasteiger partial charge in [-0.3, -0.25) is 4.90 Å². The van der Waals surface area contributed by atoms with Gasteiger partial charge in [-0.25, -0.2) is 0 Å². The number of benzene rings is 1. The molecule has 1 N–H and O–H groups in total. The summed E-state index contributed by atoms with van der Waals surface area (Å²) >= 11 is 0. The van der Waals surface area contributed by atoms with E-state index >= 15 is 0 Å². The summed E-state index contributed by atoms with van der Waals surface area (Å²) in [6, 6.07) is 10.3. The Morgan fingerprint density at radius 2 is 1.76 bits per heavy atom. The van der Waals surface area contributed by atoms with Crippen molar-refractivity contribution in [1.29, 1.82) is 0 Å². The first-order valence-electron chi connectivity index (χ1n) is 6.84. The van der Waals surface area contributed by atoms with Crippen molar-refractivity contribution in [3.05, 3.63) is 35.4 Å². The molecule has 0 spiro atoms. The molecular formula is C15H24N2. The Kier molecular flexibility index (Phi) is 4.19. The van der Waals surface area contributed by atoms with E-state index in [1.807, 2.05) is 13.8 Å². The first-order chi connectivity index (χ1) is 8.31. The maximum atomic E-state index is 3.57. The first kappa shape index (κ1) is 12.6. The first-order valence-corrected chi connectivity index (χ1v) is 6.84. The van der Waals surface area contributed by atoms with E-state index in [2.05, 4.69) is 41.4 Å². The number of aryl methyl sites for hydroxylation is 1. The summed E-state index contributed by atoms with van der Waals surface area (Å²) in [4.78, 5) is 2.58. The number of fused-ring (bicyclic) bond motifs is 2. The van der Waals surface area contributed by atoms with Crippen LogP contribution in [0.4, 0.5) is 0 Å². The molecule has 0 saturated carbocycles. The van der Waals surface area contributed by atoms with Crippen LogP contribution >= 0.6 is 0 Å². The summed E-state index contributed by atoms with van der Waals surface area (Å²) in [5, 5.41) is 3.57. The third kappa shape index (κ3) is 2.88. The number of piperidine rings is 1. The number of rotatable bonds is 2. The van der Waals surface area contributed by atoms with Crippen molar-refractivity contribution in [2.75, 3.05) is 13.1 Å². The van der Waals surface area contributed by atoms with Crippen molar-refractivity contribution in [2.24, 2.45) is 0 Å². The van der Waals surface area contributed by atoms with Crippen LogP contribution < -0.4 is 5.32 Å². The molecule has 3 heterocycles. The van der Waals surface area contributed by atoms with E-state index in [-0.39, 0.29) is 0 Å². The molecule has 3 aliphatic rings. The molecule has 2 nitrogen and oxygen atoms in total. The zero-order chi connectivity index (χ0) is 12.3. The summed E-state index contributed by atoms with van der Waals surface area (Å²) in [5.74, 6) is 0. The van der Waals surface area contributed by atoms with Crippen LogP contribution in [0, 0.1) is 6.92 Å². The Bertz CT molecular complexity index is 346. The topological polar surface area (TPSA) is 15.3 Å². The van der Waals surface area contributed by atoms with Crippen LogP contribution in [0.15, 0.2) is 24.3 Å². The molecule has 3 saturated heterocycles. The van der Waals surface area contributed by atoms with E-state index < -0.39 is 0 Å². The number of hydrogen-bond donors (Lipinski definition) is 1. The normalized spacial score (nSPS) is 26.8. The standard InChI is InChI=1S/C13H18N2.C2H6/c1-10-4-2-3-5-11(10)7-15-8-12-6-13(9-15)14-12;1-2/h2-5,12-14H,6-9H2,1H3;1-2H3. The van der Waals surface area contributed by atoms with E-state index in [1.165, 1.54) is 30.6 Å². The fraction of sp³-hybridized carbons (Fsp3) is 0.600. The quantitative estimate of drug-likeness (QED) is 0.843. The van der Waals surface area contributed by atoms with Gasteiger partial charge in [-0.15, -0.1) is 0 Å². The molecule has 4 rings (SSSR count). The van der Waals surface area contributed by atoms with Gasteiger partial charge in [-0.2, -0.15) is 0 Å². The highest BCUT2D eigenvalue weighted by Gasteiger charge is 2.36. The molecule has 17 heavy (non-hydrogen) atoms. The van der Waals surface area contributed by atoms with Crippen molar-refractivity contribution in [3.8, 4) is 0 Å². The van der Waals surface area contributed by atoms with Crippen molar-refractivity contribution in [2.45, 2.75) is 45.8 Å². The summed E-state index contributed by atoms with van der Waals surface area (Å²) < 4.78 is 0. The number of piperazine rings is 1. The van der Waals surface area contributed by atoms with Crippen LogP contribution in [0.2, 0.25) is 0 Å². The molecule has 0 amide bonds. The van der Waals surface area contributed by atoms with Crippen molar-refractivity contribution < 1.29 is 0 Å². The van der Waals surface area contributed by atoms with Crippen molar-refractivity contribution in [1.82, 2.24) is 10.2 Å². The molecule has 94 valence electrons. The van der Waals surface area contributed by atoms with Gasteiger partial charge in [0.05, 0.1) is 0 Å². The highest BCUT2D eigenvalue weighted by Crippen LogP contribution is 2.22. The van der Waals surface area contributed by atoms with E-state index in [1.54, 1.807) is 0 Å². The summed E-state index contributed by atoms with van der Waals surface area (Å²) in [7, 11) is 0. The van der Waals surface area contributed by atoms with Gasteiger partial charge in [0.25, 0.3) is 0 Å². The number of nitrogens with zero attached hydrogens (tertiary/aromatic N) is 1. The van der Waals surface area contributed by atoms with Crippen LogP contribution in [-0.4, -0.2) is 30.1 Å². The second kappa shape index (κ2) is 5.65. The Labute approximate surface area is 105 Å². The minimum absolute atomic E-state index is 0.771. The summed E-state index contributed by atoms with van der Waals surface area (Å²) in [5.41, 5.74) is 2.91. The monoisotopic (exact) mass is 232 g/mol. The van der Waals surface area contributed by atoms with Crippen LogP contribution in [0.5, 0.6) is 0 Å². The van der Waals surface area contributed by atoms with Gasteiger partial charge in [-0.1, -0.05) is 38.1 Å². The van der Waals surface area contributed by atoms with E-state index in [0.29, 0.717) is 0 Å². The molecule has 3 aliphatic heterocycles. The molecule has 1 aromatic carbocycles. The van der Waals surface area contributed by atoms with Crippen molar-refractivity contribution in [3.63, 3.8) is 0 Å². The zero-order valence-corrected chi connectivity index (χ0v) is 11.2. The third-order valence-electron chi connectivity index (χ3n) is 3.65. The van der Waals surface area contributed by atoms with Gasteiger partial charge >= 0.3 is 0 Å². The highest BCUT2D eigenvalue weighted by atomic mass is 15.3. The molecule has 0 radical (unpaired) electrons. The molecule has 0 aliphatic carbocycles. The molecule has 0 aromatic heterocycles. The lowest BCUT2D eigenvalue weighted by Gasteiger charge is -2.48. The molecule has 3 fully saturated rings. The fourth-order valence-electron chi connectivity index (χ4n) is 2.76. The second-order valence-corrected chi connectivity index (χ2v) is 4.92. The van der Waals surface area contributed by atoms with Gasteiger partial charge in [0, 0.05) is 31.7 Å². The molecule has 2 heteroatoms. The zero-order valence-electron chi connectivity index (χ0n) is 11.2. The maximum Gasteiger partial charge on any atom is 0.0237 e. The number of nitrogens with one attached hydrogen (secondary N) is 1. The van der Waals surface area contributed by atoms with Gasteiger partial charge in [-0.05, 0) is 24.5 Å². The molecule has 2 atom stereocenters.